The lowest BCUT2D eigenvalue weighted by Gasteiger charge is -2.09. The second kappa shape index (κ2) is 6.59. The van der Waals surface area contributed by atoms with Crippen molar-refractivity contribution in [3.8, 4) is 12.0 Å². The summed E-state index contributed by atoms with van der Waals surface area (Å²) >= 11 is 5.76. The van der Waals surface area contributed by atoms with Crippen LogP contribution in [-0.2, 0) is 0 Å². The zero-order valence-electron chi connectivity index (χ0n) is 10.6. The highest BCUT2D eigenvalue weighted by Gasteiger charge is 2.08. The van der Waals surface area contributed by atoms with Crippen molar-refractivity contribution in [1.29, 1.82) is 0 Å². The maximum Gasteiger partial charge on any atom is 0.323 e. The molecule has 0 unspecified atom stereocenters. The van der Waals surface area contributed by atoms with Gasteiger partial charge in [-0.3, -0.25) is 0 Å². The molecule has 0 spiro atoms. The van der Waals surface area contributed by atoms with E-state index < -0.39 is 0 Å². The summed E-state index contributed by atoms with van der Waals surface area (Å²) in [6, 6.07) is 0.412. The monoisotopic (exact) mass is 259 g/mol. The molecule has 5 nitrogen and oxygen atoms in total. The number of hydrogen-bond donors (Lipinski definition) is 0. The van der Waals surface area contributed by atoms with Gasteiger partial charge >= 0.3 is 12.0 Å². The molecule has 0 aliphatic carbocycles. The van der Waals surface area contributed by atoms with E-state index in [2.05, 4.69) is 15.0 Å². The molecule has 1 heterocycles. The number of halogens is 1. The summed E-state index contributed by atoms with van der Waals surface area (Å²) in [6.45, 7) is 9.23. The van der Waals surface area contributed by atoms with Crippen molar-refractivity contribution in [2.75, 3.05) is 13.2 Å². The van der Waals surface area contributed by atoms with Crippen molar-refractivity contribution in [1.82, 2.24) is 15.0 Å². The van der Waals surface area contributed by atoms with Gasteiger partial charge in [0, 0.05) is 0 Å². The lowest BCUT2D eigenvalue weighted by atomic mass is 10.2. The first-order chi connectivity index (χ1) is 7.97. The molecule has 0 saturated heterocycles. The first kappa shape index (κ1) is 14.0. The molecule has 17 heavy (non-hydrogen) atoms. The summed E-state index contributed by atoms with van der Waals surface area (Å²) < 4.78 is 10.7. The fourth-order valence-corrected chi connectivity index (χ4v) is 1.07. The van der Waals surface area contributed by atoms with Gasteiger partial charge in [0.15, 0.2) is 0 Å². The molecule has 0 aliphatic rings. The number of ether oxygens (including phenoxy) is 2. The van der Waals surface area contributed by atoms with Crippen molar-refractivity contribution in [3.05, 3.63) is 5.28 Å². The second-order valence-electron chi connectivity index (χ2n) is 4.58. The predicted octanol–water partition coefficient (Wildman–Crippen LogP) is 2.59. The van der Waals surface area contributed by atoms with Crippen molar-refractivity contribution < 1.29 is 9.47 Å². The molecule has 0 fully saturated rings. The Bertz CT molecular complexity index is 328. The minimum atomic E-state index is 0.0810. The van der Waals surface area contributed by atoms with E-state index in [0.717, 1.165) is 0 Å². The van der Waals surface area contributed by atoms with Crippen LogP contribution in [0.2, 0.25) is 5.28 Å². The average Bonchev–Trinajstić information content (AvgIpc) is 2.23. The van der Waals surface area contributed by atoms with Crippen molar-refractivity contribution >= 4 is 11.6 Å². The molecule has 0 amide bonds. The number of aromatic nitrogens is 3. The molecule has 0 aliphatic heterocycles. The minimum Gasteiger partial charge on any atom is -0.463 e. The third-order valence-corrected chi connectivity index (χ3v) is 1.83. The number of rotatable bonds is 6. The molecule has 6 heteroatoms. The van der Waals surface area contributed by atoms with Gasteiger partial charge in [-0.05, 0) is 23.4 Å². The standard InChI is InChI=1S/C11H18ClN3O2/c1-7(2)5-16-10-13-9(12)14-11(15-10)17-6-8(3)4/h7-8H,5-6H2,1-4H3. The molecule has 0 N–H and O–H groups in total. The summed E-state index contributed by atoms with van der Waals surface area (Å²) in [6.07, 6.45) is 0. The van der Waals surface area contributed by atoms with E-state index in [1.807, 2.05) is 27.7 Å². The van der Waals surface area contributed by atoms with Crippen LogP contribution in [0.3, 0.4) is 0 Å². The largest absolute Gasteiger partial charge is 0.463 e. The van der Waals surface area contributed by atoms with Crippen LogP contribution in [-0.4, -0.2) is 28.2 Å². The van der Waals surface area contributed by atoms with E-state index in [4.69, 9.17) is 21.1 Å². The third-order valence-electron chi connectivity index (χ3n) is 1.66. The highest BCUT2D eigenvalue weighted by Crippen LogP contribution is 2.14. The van der Waals surface area contributed by atoms with Gasteiger partial charge in [-0.2, -0.15) is 9.97 Å². The van der Waals surface area contributed by atoms with Gasteiger partial charge < -0.3 is 9.47 Å². The molecule has 1 aromatic heterocycles. The fourth-order valence-electron chi connectivity index (χ4n) is 0.926. The molecule has 0 radical (unpaired) electrons. The maximum absolute atomic E-state index is 5.76. The van der Waals surface area contributed by atoms with Crippen LogP contribution in [0.5, 0.6) is 12.0 Å². The molecular weight excluding hydrogens is 242 g/mol. The first-order valence-corrected chi connectivity index (χ1v) is 6.02. The summed E-state index contributed by atoms with van der Waals surface area (Å²) in [5, 5.41) is 0.0810. The van der Waals surface area contributed by atoms with Crippen LogP contribution in [0.1, 0.15) is 27.7 Å². The van der Waals surface area contributed by atoms with Crippen LogP contribution < -0.4 is 9.47 Å². The van der Waals surface area contributed by atoms with Crippen LogP contribution in [0.25, 0.3) is 0 Å². The Morgan fingerprint density at radius 2 is 1.29 bits per heavy atom. The fraction of sp³-hybridized carbons (Fsp3) is 0.727. The normalized spacial score (nSPS) is 11.0. The highest BCUT2D eigenvalue weighted by molar-refractivity contribution is 6.28. The van der Waals surface area contributed by atoms with Gasteiger partial charge in [0.2, 0.25) is 5.28 Å². The van der Waals surface area contributed by atoms with E-state index >= 15 is 0 Å². The Morgan fingerprint density at radius 1 is 0.882 bits per heavy atom. The molecule has 96 valence electrons. The van der Waals surface area contributed by atoms with Gasteiger partial charge in [-0.25, -0.2) is 0 Å². The van der Waals surface area contributed by atoms with Crippen LogP contribution in [0.4, 0.5) is 0 Å². The van der Waals surface area contributed by atoms with Gasteiger partial charge in [-0.1, -0.05) is 27.7 Å². The summed E-state index contributed by atoms with van der Waals surface area (Å²) in [5.41, 5.74) is 0. The van der Waals surface area contributed by atoms with Crippen LogP contribution in [0, 0.1) is 11.8 Å². The lowest BCUT2D eigenvalue weighted by Crippen LogP contribution is -2.11. The minimum absolute atomic E-state index is 0.0810. The van der Waals surface area contributed by atoms with Gasteiger partial charge in [0.25, 0.3) is 0 Å². The third kappa shape index (κ3) is 5.68. The van der Waals surface area contributed by atoms with Crippen molar-refractivity contribution in [2.24, 2.45) is 11.8 Å². The second-order valence-corrected chi connectivity index (χ2v) is 4.92. The SMILES string of the molecule is CC(C)COc1nc(Cl)nc(OCC(C)C)n1. The quantitative estimate of drug-likeness (QED) is 0.786. The summed E-state index contributed by atoms with van der Waals surface area (Å²) in [7, 11) is 0. The van der Waals surface area contributed by atoms with E-state index in [1.165, 1.54) is 0 Å². The van der Waals surface area contributed by atoms with Gasteiger partial charge in [0.1, 0.15) is 0 Å². The molecule has 0 atom stereocenters. The topological polar surface area (TPSA) is 57.1 Å². The van der Waals surface area contributed by atoms with Gasteiger partial charge in [-0.15, -0.1) is 4.98 Å². The molecule has 1 aromatic rings. The highest BCUT2D eigenvalue weighted by atomic mass is 35.5. The van der Waals surface area contributed by atoms with Crippen molar-refractivity contribution in [3.63, 3.8) is 0 Å². The van der Waals surface area contributed by atoms with Crippen LogP contribution in [0.15, 0.2) is 0 Å². The molecule has 0 saturated carbocycles. The van der Waals surface area contributed by atoms with Gasteiger partial charge in [0.05, 0.1) is 13.2 Å². The Morgan fingerprint density at radius 3 is 1.65 bits per heavy atom. The Labute approximate surface area is 107 Å². The van der Waals surface area contributed by atoms with Crippen LogP contribution >= 0.6 is 11.6 Å². The molecule has 0 aromatic carbocycles. The molecule has 1 rings (SSSR count). The lowest BCUT2D eigenvalue weighted by molar-refractivity contribution is 0.225. The Hall–Kier alpha value is -1.10. The molecule has 0 bridgehead atoms. The van der Waals surface area contributed by atoms with E-state index in [0.29, 0.717) is 25.0 Å². The Kier molecular flexibility index (Phi) is 5.41. The van der Waals surface area contributed by atoms with Crippen molar-refractivity contribution in [2.45, 2.75) is 27.7 Å². The first-order valence-electron chi connectivity index (χ1n) is 5.64. The van der Waals surface area contributed by atoms with E-state index in [9.17, 15) is 0 Å². The smallest absolute Gasteiger partial charge is 0.323 e. The predicted molar refractivity (Wildman–Crippen MR) is 65.5 cm³/mol. The zero-order valence-corrected chi connectivity index (χ0v) is 11.4. The number of nitrogens with zero attached hydrogens (tertiary/aromatic N) is 3. The summed E-state index contributed by atoms with van der Waals surface area (Å²) in [4.78, 5) is 11.8. The molecular formula is C11H18ClN3O2. The van der Waals surface area contributed by atoms with E-state index in [1.54, 1.807) is 0 Å². The maximum atomic E-state index is 5.76. The van der Waals surface area contributed by atoms with E-state index in [-0.39, 0.29) is 17.3 Å². The zero-order chi connectivity index (χ0) is 12.8. The number of hydrogen-bond acceptors (Lipinski definition) is 5. The summed E-state index contributed by atoms with van der Waals surface area (Å²) in [5.74, 6) is 0.788. The average molecular weight is 260 g/mol. The Balaban J connectivity index is 2.65.